The predicted molar refractivity (Wildman–Crippen MR) is 76.9 cm³/mol. The molecule has 0 amide bonds. The Balaban J connectivity index is 2.11. The number of hydrogen-bond acceptors (Lipinski definition) is 1. The molecule has 16 heavy (non-hydrogen) atoms. The van der Waals surface area contributed by atoms with Gasteiger partial charge in [0.15, 0.2) is 0 Å². The van der Waals surface area contributed by atoms with Crippen LogP contribution < -0.4 is 5.30 Å². The third kappa shape index (κ3) is 3.18. The van der Waals surface area contributed by atoms with E-state index in [4.69, 9.17) is 23.4 Å². The molecule has 0 aromatic heterocycles. The lowest BCUT2D eigenvalue weighted by Crippen LogP contribution is -1.95. The largest absolute Gasteiger partial charge is 0.0956 e. The zero-order valence-corrected chi connectivity index (χ0v) is 11.3. The molecule has 1 unspecified atom stereocenters. The third-order valence-electron chi connectivity index (χ3n) is 2.37. The van der Waals surface area contributed by atoms with E-state index in [0.29, 0.717) is 0 Å². The average Bonchev–Trinajstić information content (AvgIpc) is 2.33. The topological polar surface area (TPSA) is 0 Å². The van der Waals surface area contributed by atoms with Crippen molar-refractivity contribution in [2.75, 3.05) is 0 Å². The summed E-state index contributed by atoms with van der Waals surface area (Å²) < 4.78 is 0. The standard InChI is InChI=1S/C13H12ClPS/c14-12-8-6-11(7-9-12)10-15(16)13-4-2-1-3-5-13/h1-9,15H,10H2. The Bertz CT molecular complexity index is 479. The Hall–Kier alpha value is -0.620. The summed E-state index contributed by atoms with van der Waals surface area (Å²) in [6, 6.07) is 18.3. The van der Waals surface area contributed by atoms with Gasteiger partial charge < -0.3 is 0 Å². The number of hydrogen-bond donors (Lipinski definition) is 0. The van der Waals surface area contributed by atoms with Gasteiger partial charge in [-0.05, 0) is 29.7 Å². The van der Waals surface area contributed by atoms with Gasteiger partial charge in [-0.25, -0.2) is 0 Å². The summed E-state index contributed by atoms with van der Waals surface area (Å²) in [6.45, 7) is -0.892. The predicted octanol–water partition coefficient (Wildman–Crippen LogP) is 3.84. The zero-order chi connectivity index (χ0) is 11.4. The van der Waals surface area contributed by atoms with Crippen LogP contribution in [-0.4, -0.2) is 0 Å². The van der Waals surface area contributed by atoms with Gasteiger partial charge in [0, 0.05) is 11.2 Å². The molecule has 2 rings (SSSR count). The van der Waals surface area contributed by atoms with Gasteiger partial charge in [-0.1, -0.05) is 65.9 Å². The highest BCUT2D eigenvalue weighted by molar-refractivity contribution is 8.08. The molecule has 0 N–H and O–H groups in total. The minimum Gasteiger partial charge on any atom is -0.0956 e. The summed E-state index contributed by atoms with van der Waals surface area (Å²) in [5.74, 6) is 0. The molecule has 1 atom stereocenters. The van der Waals surface area contributed by atoms with Gasteiger partial charge in [-0.15, -0.1) is 0 Å². The normalized spacial score (nSPS) is 12.3. The molecule has 0 bridgehead atoms. The van der Waals surface area contributed by atoms with E-state index in [1.165, 1.54) is 10.9 Å². The molecule has 0 heterocycles. The van der Waals surface area contributed by atoms with E-state index in [2.05, 4.69) is 24.3 Å². The molecule has 2 aromatic carbocycles. The van der Waals surface area contributed by atoms with Crippen LogP contribution in [0.3, 0.4) is 0 Å². The molecule has 0 spiro atoms. The van der Waals surface area contributed by atoms with E-state index >= 15 is 0 Å². The van der Waals surface area contributed by atoms with Crippen LogP contribution in [0.2, 0.25) is 5.02 Å². The SMILES string of the molecule is S=[PH](Cc1ccc(Cl)cc1)c1ccccc1. The lowest BCUT2D eigenvalue weighted by atomic mass is 10.2. The number of benzene rings is 2. The number of halogens is 1. The molecule has 0 aliphatic carbocycles. The molecule has 0 nitrogen and oxygen atoms in total. The molecule has 0 aliphatic rings. The minimum absolute atomic E-state index is 0.779. The van der Waals surface area contributed by atoms with Crippen molar-refractivity contribution in [1.29, 1.82) is 0 Å². The summed E-state index contributed by atoms with van der Waals surface area (Å²) in [7, 11) is 0. The van der Waals surface area contributed by atoms with Crippen molar-refractivity contribution in [3.8, 4) is 0 Å². The van der Waals surface area contributed by atoms with Gasteiger partial charge in [-0.2, -0.15) is 0 Å². The Morgan fingerprint density at radius 1 is 0.938 bits per heavy atom. The van der Waals surface area contributed by atoms with Crippen molar-refractivity contribution >= 4 is 35.4 Å². The Labute approximate surface area is 107 Å². The van der Waals surface area contributed by atoms with E-state index in [9.17, 15) is 0 Å². The molecule has 0 saturated heterocycles. The smallest absolute Gasteiger partial charge is 0.0406 e. The van der Waals surface area contributed by atoms with Crippen LogP contribution in [0.1, 0.15) is 5.56 Å². The molecule has 3 heteroatoms. The van der Waals surface area contributed by atoms with Crippen LogP contribution in [-0.2, 0) is 18.0 Å². The minimum atomic E-state index is -0.892. The van der Waals surface area contributed by atoms with Gasteiger partial charge in [0.1, 0.15) is 0 Å². The maximum atomic E-state index is 5.85. The second kappa shape index (κ2) is 5.63. The van der Waals surface area contributed by atoms with Crippen LogP contribution in [0.25, 0.3) is 0 Å². The summed E-state index contributed by atoms with van der Waals surface area (Å²) in [5.41, 5.74) is 1.28. The summed E-state index contributed by atoms with van der Waals surface area (Å²) >= 11 is 11.4. The van der Waals surface area contributed by atoms with Gasteiger partial charge in [0.05, 0.1) is 0 Å². The summed E-state index contributed by atoms with van der Waals surface area (Å²) in [5, 5.41) is 2.08. The lowest BCUT2D eigenvalue weighted by Gasteiger charge is -2.05. The first-order valence-electron chi connectivity index (χ1n) is 5.08. The molecule has 0 fully saturated rings. The fourth-order valence-electron chi connectivity index (χ4n) is 1.51. The van der Waals surface area contributed by atoms with E-state index in [0.717, 1.165) is 11.2 Å². The Kier molecular flexibility index (Phi) is 4.17. The van der Waals surface area contributed by atoms with E-state index in [1.807, 2.05) is 30.3 Å². The molecular weight excluding hydrogens is 255 g/mol. The molecular formula is C13H12ClPS. The molecule has 0 radical (unpaired) electrons. The van der Waals surface area contributed by atoms with Gasteiger partial charge in [-0.3, -0.25) is 0 Å². The van der Waals surface area contributed by atoms with Gasteiger partial charge >= 0.3 is 0 Å². The highest BCUT2D eigenvalue weighted by Gasteiger charge is 2.00. The van der Waals surface area contributed by atoms with Crippen LogP contribution >= 0.6 is 18.3 Å². The summed E-state index contributed by atoms with van der Waals surface area (Å²) in [4.78, 5) is 0. The Morgan fingerprint density at radius 2 is 1.56 bits per heavy atom. The zero-order valence-electron chi connectivity index (χ0n) is 8.69. The second-order valence-corrected chi connectivity index (χ2v) is 7.28. The quantitative estimate of drug-likeness (QED) is 0.761. The van der Waals surface area contributed by atoms with Crippen molar-refractivity contribution in [1.82, 2.24) is 0 Å². The fourth-order valence-corrected chi connectivity index (χ4v) is 3.92. The molecule has 82 valence electrons. The van der Waals surface area contributed by atoms with Crippen molar-refractivity contribution in [3.05, 3.63) is 65.2 Å². The van der Waals surface area contributed by atoms with Gasteiger partial charge in [0.25, 0.3) is 0 Å². The number of rotatable bonds is 3. The first kappa shape index (κ1) is 11.9. The van der Waals surface area contributed by atoms with Crippen molar-refractivity contribution in [2.45, 2.75) is 6.16 Å². The van der Waals surface area contributed by atoms with Crippen LogP contribution in [0.5, 0.6) is 0 Å². The lowest BCUT2D eigenvalue weighted by molar-refractivity contribution is 1.41. The van der Waals surface area contributed by atoms with Crippen LogP contribution in [0.15, 0.2) is 54.6 Å². The first-order chi connectivity index (χ1) is 7.75. The summed E-state index contributed by atoms with van der Waals surface area (Å²) in [6.07, 6.45) is 0.973. The van der Waals surface area contributed by atoms with Crippen molar-refractivity contribution < 1.29 is 0 Å². The van der Waals surface area contributed by atoms with E-state index < -0.39 is 6.70 Å². The maximum absolute atomic E-state index is 5.85. The third-order valence-corrected chi connectivity index (χ3v) is 5.47. The first-order valence-corrected chi connectivity index (χ1v) is 8.30. The van der Waals surface area contributed by atoms with Gasteiger partial charge in [0.2, 0.25) is 0 Å². The van der Waals surface area contributed by atoms with E-state index in [1.54, 1.807) is 0 Å². The highest BCUT2D eigenvalue weighted by atomic mass is 35.5. The maximum Gasteiger partial charge on any atom is 0.0406 e. The van der Waals surface area contributed by atoms with Crippen molar-refractivity contribution in [2.24, 2.45) is 0 Å². The van der Waals surface area contributed by atoms with Crippen molar-refractivity contribution in [3.63, 3.8) is 0 Å². The van der Waals surface area contributed by atoms with E-state index in [-0.39, 0.29) is 0 Å². The average molecular weight is 267 g/mol. The molecule has 2 aromatic rings. The molecule has 0 aliphatic heterocycles. The van der Waals surface area contributed by atoms with Crippen LogP contribution in [0.4, 0.5) is 0 Å². The Morgan fingerprint density at radius 3 is 2.19 bits per heavy atom. The highest BCUT2D eigenvalue weighted by Crippen LogP contribution is 2.26. The van der Waals surface area contributed by atoms with Crippen LogP contribution in [0, 0.1) is 0 Å². The second-order valence-electron chi connectivity index (χ2n) is 3.59. The fraction of sp³-hybridized carbons (Fsp3) is 0.0769. The monoisotopic (exact) mass is 266 g/mol. The molecule has 0 saturated carbocycles.